The minimum atomic E-state index is -1.91. The molecule has 1 aliphatic rings. The fourth-order valence-electron chi connectivity index (χ4n) is 14.8. The maximum absolute atomic E-state index is 15.3. The van der Waals surface area contributed by atoms with Crippen LogP contribution in [0.25, 0.3) is 11.1 Å². The van der Waals surface area contributed by atoms with Crippen LogP contribution < -0.4 is 58.5 Å². The van der Waals surface area contributed by atoms with Crippen LogP contribution in [-0.4, -0.2) is 182 Å². The summed E-state index contributed by atoms with van der Waals surface area (Å²) in [5, 5.41) is 27.2. The summed E-state index contributed by atoms with van der Waals surface area (Å²) < 4.78 is 44.1. The number of fused-ring (bicyclic) bond motifs is 3. The molecule has 7 unspecified atom stereocenters. The summed E-state index contributed by atoms with van der Waals surface area (Å²) in [4.78, 5) is 250. The van der Waals surface area contributed by atoms with E-state index in [1.165, 1.54) is 0 Å². The van der Waals surface area contributed by atoms with Gasteiger partial charge in [0.1, 0.15) is 89.1 Å². The molecule has 0 radical (unpaired) electrons. The Balaban J connectivity index is 0.867. The zero-order chi connectivity index (χ0) is 103. The SMILES string of the molecule is CC(CCC(=O)OCc1ccccc1)NC(=O)CNC(=O)C(CCC(=O)NCC(=O)NC(CCC(=O)OCc1ccccc1)C(=O)OCc1ccccc1)NC(=O)CCC(NC(=O)OCC1c2ccccc2-c2ccccc21)C(=O)NC(CCC(=O)NCC(=O)NC(CCC(=O)OCc1ccccc1)C(=O)OCc1ccccc1)C(=O)NCC(=O)NC(CCC(=O)OCc1ccccc1)C(=O)OCc1ccccc1. The molecular formula is C107H117N11O26. The fraction of sp³-hybridized carbons (Fsp3) is 0.327. The van der Waals surface area contributed by atoms with Crippen LogP contribution in [0.4, 0.5) is 4.79 Å². The zero-order valence-corrected chi connectivity index (χ0v) is 79.4. The first kappa shape index (κ1) is 109. The minimum absolute atomic E-state index is 0.00962. The number of nitrogens with one attached hydrogen (secondary N) is 11. The highest BCUT2D eigenvalue weighted by Crippen LogP contribution is 2.44. The zero-order valence-electron chi connectivity index (χ0n) is 79.4. The number of carbonyl (C=O) groups excluding carboxylic acids is 18. The van der Waals surface area contributed by atoms with Gasteiger partial charge in [0.25, 0.3) is 0 Å². The van der Waals surface area contributed by atoms with Crippen LogP contribution in [0.3, 0.4) is 0 Å². The van der Waals surface area contributed by atoms with Crippen LogP contribution in [0.5, 0.6) is 0 Å². The molecule has 9 aromatic rings. The molecule has 37 nitrogen and oxygen atoms in total. The minimum Gasteiger partial charge on any atom is -0.461 e. The van der Waals surface area contributed by atoms with Crippen molar-refractivity contribution in [2.75, 3.05) is 32.8 Å². The van der Waals surface area contributed by atoms with Crippen LogP contribution in [0.1, 0.15) is 153 Å². The Morgan fingerprint density at radius 2 is 0.479 bits per heavy atom. The Hall–Kier alpha value is -16.8. The van der Waals surface area contributed by atoms with E-state index in [0.717, 1.165) is 27.8 Å². The van der Waals surface area contributed by atoms with Crippen LogP contribution in [0.2, 0.25) is 0 Å². The summed E-state index contributed by atoms with van der Waals surface area (Å²) in [6, 6.07) is 65.0. The molecule has 0 fully saturated rings. The predicted molar refractivity (Wildman–Crippen MR) is 520 cm³/mol. The number of amides is 11. The van der Waals surface area contributed by atoms with E-state index in [0.29, 0.717) is 33.4 Å². The second-order valence-corrected chi connectivity index (χ2v) is 33.7. The predicted octanol–water partition coefficient (Wildman–Crippen LogP) is 7.95. The Morgan fingerprint density at radius 1 is 0.229 bits per heavy atom. The molecule has 1 aliphatic carbocycles. The van der Waals surface area contributed by atoms with E-state index in [2.05, 4.69) is 58.5 Å². The third-order valence-electron chi connectivity index (χ3n) is 22.6. The highest BCUT2D eigenvalue weighted by atomic mass is 16.6. The second-order valence-electron chi connectivity index (χ2n) is 33.7. The van der Waals surface area contributed by atoms with Crippen molar-refractivity contribution >= 4 is 107 Å². The number of esters is 7. The van der Waals surface area contributed by atoms with E-state index in [-0.39, 0.29) is 97.8 Å². The van der Waals surface area contributed by atoms with Gasteiger partial charge in [0, 0.05) is 56.9 Å². The largest absolute Gasteiger partial charge is 0.461 e. The lowest BCUT2D eigenvalue weighted by molar-refractivity contribution is -0.151. The first-order valence-electron chi connectivity index (χ1n) is 47.1. The van der Waals surface area contributed by atoms with Crippen LogP contribution in [0.15, 0.2) is 261 Å². The van der Waals surface area contributed by atoms with Gasteiger partial charge in [-0.1, -0.05) is 261 Å². The highest BCUT2D eigenvalue weighted by molar-refractivity contribution is 5.96. The maximum Gasteiger partial charge on any atom is 0.407 e. The summed E-state index contributed by atoms with van der Waals surface area (Å²) in [7, 11) is 0. The number of ether oxygens (including phenoxy) is 8. The molecule has 9 aromatic carbocycles. The van der Waals surface area contributed by atoms with E-state index in [9.17, 15) is 81.5 Å². The summed E-state index contributed by atoms with van der Waals surface area (Å²) in [6.07, 6.45) is -7.45. The van der Waals surface area contributed by atoms with E-state index in [4.69, 9.17) is 37.9 Å². The van der Waals surface area contributed by atoms with Gasteiger partial charge in [0.05, 0.1) is 26.2 Å². The monoisotopic (exact) mass is 1970 g/mol. The first-order chi connectivity index (χ1) is 69.7. The van der Waals surface area contributed by atoms with Crippen LogP contribution >= 0.6 is 0 Å². The van der Waals surface area contributed by atoms with E-state index in [1.54, 1.807) is 231 Å². The van der Waals surface area contributed by atoms with Crippen molar-refractivity contribution in [3.8, 4) is 11.1 Å². The third-order valence-corrected chi connectivity index (χ3v) is 22.6. The van der Waals surface area contributed by atoms with Gasteiger partial charge in [-0.2, -0.15) is 0 Å². The molecule has 37 heteroatoms. The number of benzene rings is 9. The number of rotatable bonds is 58. The molecule has 0 bridgehead atoms. The molecule has 10 rings (SSSR count). The van der Waals surface area contributed by atoms with E-state index < -0.39 is 226 Å². The average Bonchev–Trinajstić information content (AvgIpc) is 1.61. The Labute approximate surface area is 831 Å². The Bertz CT molecular complexity index is 5750. The lowest BCUT2D eigenvalue weighted by atomic mass is 9.98. The van der Waals surface area contributed by atoms with Crippen molar-refractivity contribution < 1.29 is 124 Å². The topological polar surface area (TPSA) is 513 Å². The van der Waals surface area contributed by atoms with Crippen molar-refractivity contribution in [1.82, 2.24) is 58.5 Å². The standard InChI is InChI=1S/C107H117N11O26/c1-71(45-55-97(126)137-63-72-27-9-2-10-28-72)112-93(122)61-110-101(130)84(46-52-90(119)108-59-94(123)114-87(104(133)141-67-76-35-17-6-18-36-76)49-56-98(127)138-64-73-29-11-3-12-30-73)113-92(121)54-48-86(118-107(136)144-70-83-81-43-25-23-41-79(81)80-42-24-26-44-82(80)83)103(132)117-85(102(131)111-62-96(125)116-89(106(135)143-69-78-39-21-8-22-40-78)51-58-100(129)140-66-75-33-15-5-16-34-75)47-53-91(120)109-60-95(124)115-88(105(134)142-68-77-37-19-7-20-38-77)50-57-99(128)139-65-74-31-13-4-14-32-74/h2-44,71,83-89H,45-70H2,1H3,(H,108,119)(H,109,120)(H,110,130)(H,111,131)(H,112,122)(H,113,121)(H,114,123)(H,115,124)(H,116,125)(H,117,132)(H,118,136). The molecule has 11 amide bonds. The molecular weight excluding hydrogens is 1860 g/mol. The van der Waals surface area contributed by atoms with Gasteiger partial charge >= 0.3 is 47.9 Å². The summed E-state index contributed by atoms with van der Waals surface area (Å²) in [6.45, 7) is -2.96. The summed E-state index contributed by atoms with van der Waals surface area (Å²) in [5.74, 6) is -16.1. The first-order valence-corrected chi connectivity index (χ1v) is 47.1. The molecule has 7 atom stereocenters. The van der Waals surface area contributed by atoms with Gasteiger partial charge in [-0.25, -0.2) is 19.2 Å². The van der Waals surface area contributed by atoms with Crippen LogP contribution in [-0.2, 0) is 166 Å². The van der Waals surface area contributed by atoms with Crippen molar-refractivity contribution in [3.63, 3.8) is 0 Å². The normalized spacial score (nSPS) is 12.5. The Morgan fingerprint density at radius 3 is 0.806 bits per heavy atom. The molecule has 0 heterocycles. The van der Waals surface area contributed by atoms with Crippen LogP contribution in [0, 0.1) is 0 Å². The lowest BCUT2D eigenvalue weighted by Crippen LogP contribution is -2.55. The number of hydrogen-bond donors (Lipinski definition) is 11. The van der Waals surface area contributed by atoms with Gasteiger partial charge in [-0.3, -0.25) is 67.1 Å². The molecule has 756 valence electrons. The van der Waals surface area contributed by atoms with E-state index >= 15 is 4.79 Å². The van der Waals surface area contributed by atoms with Gasteiger partial charge in [0.15, 0.2) is 0 Å². The molecule has 0 saturated heterocycles. The molecule has 0 aromatic heterocycles. The summed E-state index contributed by atoms with van der Waals surface area (Å²) >= 11 is 0. The number of carbonyl (C=O) groups is 18. The molecule has 144 heavy (non-hydrogen) atoms. The Kier molecular flexibility index (Phi) is 45.2. The van der Waals surface area contributed by atoms with Crippen molar-refractivity contribution in [1.29, 1.82) is 0 Å². The molecule has 11 N–H and O–H groups in total. The van der Waals surface area contributed by atoms with E-state index in [1.807, 2.05) is 36.4 Å². The second kappa shape index (κ2) is 59.6. The van der Waals surface area contributed by atoms with Crippen molar-refractivity contribution in [3.05, 3.63) is 311 Å². The maximum atomic E-state index is 15.3. The van der Waals surface area contributed by atoms with Gasteiger partial charge in [-0.05, 0) is 113 Å². The van der Waals surface area contributed by atoms with Gasteiger partial charge < -0.3 is 96.4 Å². The van der Waals surface area contributed by atoms with Gasteiger partial charge in [0.2, 0.25) is 59.1 Å². The van der Waals surface area contributed by atoms with Gasteiger partial charge in [-0.15, -0.1) is 0 Å². The highest BCUT2D eigenvalue weighted by Gasteiger charge is 2.35. The summed E-state index contributed by atoms with van der Waals surface area (Å²) in [5.41, 5.74) is 7.86. The number of hydrogen-bond acceptors (Lipinski definition) is 26. The smallest absolute Gasteiger partial charge is 0.407 e. The number of alkyl carbamates (subject to hydrolysis) is 1. The van der Waals surface area contributed by atoms with Crippen molar-refractivity contribution in [2.24, 2.45) is 0 Å². The lowest BCUT2D eigenvalue weighted by Gasteiger charge is -2.24. The molecule has 0 aliphatic heterocycles. The fourth-order valence-corrected chi connectivity index (χ4v) is 14.8. The third kappa shape index (κ3) is 39.9. The molecule has 0 spiro atoms. The average molecular weight is 1970 g/mol. The molecule has 0 saturated carbocycles. The van der Waals surface area contributed by atoms with Crippen molar-refractivity contribution in [2.45, 2.75) is 191 Å². The quantitative estimate of drug-likeness (QED) is 0.0127.